The number of imidazole rings is 1. The van der Waals surface area contributed by atoms with Gasteiger partial charge in [-0.05, 0) is 35.9 Å². The van der Waals surface area contributed by atoms with Gasteiger partial charge in [-0.25, -0.2) is 4.98 Å². The zero-order valence-corrected chi connectivity index (χ0v) is 25.7. The van der Waals surface area contributed by atoms with E-state index in [1.165, 1.54) is 0 Å². The van der Waals surface area contributed by atoms with Gasteiger partial charge in [-0.3, -0.25) is 9.55 Å². The van der Waals surface area contributed by atoms with Crippen LogP contribution in [0.1, 0.15) is 24.0 Å². The Morgan fingerprint density at radius 3 is 2.12 bits per heavy atom. The molecule has 5 aromatic carbocycles. The van der Waals surface area contributed by atoms with Gasteiger partial charge in [0.1, 0.15) is 11.6 Å². The number of benzene rings is 5. The molecule has 2 aromatic heterocycles. The molecule has 0 aliphatic carbocycles. The quantitative estimate of drug-likeness (QED) is 0.173. The first-order valence-corrected chi connectivity index (χ1v) is 14.1. The van der Waals surface area contributed by atoms with Gasteiger partial charge in [-0.1, -0.05) is 103 Å². The van der Waals surface area contributed by atoms with Crippen molar-refractivity contribution in [3.8, 4) is 45.2 Å². The summed E-state index contributed by atoms with van der Waals surface area (Å²) in [7, 11) is 0. The largest absolute Gasteiger partial charge is 0.507 e. The maximum atomic E-state index is 11.8. The summed E-state index contributed by atoms with van der Waals surface area (Å²) in [6.07, 6.45) is 1.80. The minimum absolute atomic E-state index is 0. The molecule has 0 radical (unpaired) electrons. The Morgan fingerprint density at radius 1 is 0.674 bits per heavy atom. The molecule has 0 saturated carbocycles. The molecule has 0 aliphatic heterocycles. The normalized spacial score (nSPS) is 11.7. The van der Waals surface area contributed by atoms with Gasteiger partial charge in [0, 0.05) is 50.1 Å². The summed E-state index contributed by atoms with van der Waals surface area (Å²) in [5, 5.41) is 11.8. The number of nitrogens with zero attached hydrogens (tertiary/aromatic N) is 3. The van der Waals surface area contributed by atoms with Gasteiger partial charge in [0.15, 0.2) is 0 Å². The van der Waals surface area contributed by atoms with E-state index in [1.807, 2.05) is 84.9 Å². The van der Waals surface area contributed by atoms with E-state index in [0.717, 1.165) is 50.2 Å². The maximum absolute atomic E-state index is 11.8. The first-order valence-electron chi connectivity index (χ1n) is 14.1. The smallest absolute Gasteiger partial charge is 0.148 e. The van der Waals surface area contributed by atoms with E-state index in [1.54, 1.807) is 6.20 Å². The summed E-state index contributed by atoms with van der Waals surface area (Å²) in [5.74, 6) is 0.941. The molecule has 2 heterocycles. The van der Waals surface area contributed by atoms with Gasteiger partial charge >= 0.3 is 0 Å². The third-order valence-electron chi connectivity index (χ3n) is 7.80. The Bertz CT molecular complexity index is 2000. The molecule has 0 bridgehead atoms. The van der Waals surface area contributed by atoms with Gasteiger partial charge in [0.05, 0.1) is 16.6 Å². The first-order chi connectivity index (χ1) is 20.7. The Morgan fingerprint density at radius 2 is 1.35 bits per heavy atom. The van der Waals surface area contributed by atoms with E-state index < -0.39 is 0 Å². The molecule has 43 heavy (non-hydrogen) atoms. The van der Waals surface area contributed by atoms with E-state index >= 15 is 0 Å². The van der Waals surface area contributed by atoms with E-state index in [2.05, 4.69) is 71.1 Å². The molecule has 7 aromatic rings. The number of pyridine rings is 1. The summed E-state index contributed by atoms with van der Waals surface area (Å²) in [4.78, 5) is 9.76. The summed E-state index contributed by atoms with van der Waals surface area (Å²) >= 11 is 0. The van der Waals surface area contributed by atoms with Crippen molar-refractivity contribution in [2.45, 2.75) is 12.8 Å². The molecule has 5 heteroatoms. The van der Waals surface area contributed by atoms with Crippen LogP contribution < -0.4 is 0 Å². The predicted molar refractivity (Wildman–Crippen MR) is 170 cm³/mol. The predicted octanol–water partition coefficient (Wildman–Crippen LogP) is 9.08. The maximum Gasteiger partial charge on any atom is 0.148 e. The van der Waals surface area contributed by atoms with E-state index in [0.29, 0.717) is 11.4 Å². The van der Waals surface area contributed by atoms with Crippen molar-refractivity contribution < 1.29 is 26.2 Å². The molecule has 7 rings (SSSR count). The monoisotopic (exact) mass is 737 g/mol. The second-order valence-electron chi connectivity index (χ2n) is 10.3. The number of fused-ring (bicyclic) bond motifs is 1. The van der Waals surface area contributed by atoms with Crippen LogP contribution in [0.4, 0.5) is 0 Å². The number of aromatic hydroxyl groups is 1. The molecule has 0 aliphatic rings. The molecule has 4 nitrogen and oxygen atoms in total. The van der Waals surface area contributed by atoms with Crippen molar-refractivity contribution in [1.29, 1.82) is 0 Å². The Hall–Kier alpha value is -4.79. The van der Waals surface area contributed by atoms with E-state index in [-0.39, 0.29) is 32.7 Å². The second kappa shape index (κ2) is 12.2. The van der Waals surface area contributed by atoms with Crippen molar-refractivity contribution in [2.24, 2.45) is 0 Å². The molecule has 0 saturated heterocycles. The zero-order chi connectivity index (χ0) is 28.5. The van der Waals surface area contributed by atoms with Crippen molar-refractivity contribution in [1.82, 2.24) is 14.5 Å². The van der Waals surface area contributed by atoms with Crippen LogP contribution in [-0.4, -0.2) is 19.6 Å². The average Bonchev–Trinajstić information content (AvgIpc) is 3.45. The number of aromatic nitrogens is 3. The zero-order valence-electron chi connectivity index (χ0n) is 23.5. The summed E-state index contributed by atoms with van der Waals surface area (Å²) in [6, 6.07) is 48.2. The topological polar surface area (TPSA) is 50.9 Å². The molecular weight excluding hydrogens is 710 g/mol. The minimum atomic E-state index is 0. The third-order valence-corrected chi connectivity index (χ3v) is 7.80. The third kappa shape index (κ3) is 5.31. The van der Waals surface area contributed by atoms with E-state index in [9.17, 15) is 5.11 Å². The summed E-state index contributed by atoms with van der Waals surface area (Å²) in [6.45, 7) is 2.12. The fraction of sp³-hybridized carbons (Fsp3) is 0.0526. The van der Waals surface area contributed by atoms with Crippen molar-refractivity contribution >= 4 is 11.0 Å². The standard InChI is InChI=1S/C38H28N3O.Pt/c1-26(27-13-4-2-5-14-27)31-19-11-21-33(37(31)42)38-40-36-32(20-12-23-35(36)41(38)30-17-6-3-7-18-30)28-15-10-16-29(25-28)34-22-8-9-24-39-34;/h2-24,26,42H,1H3;/q-1;. The SMILES string of the molecule is CC(c1ccccc1)c1cccc(-c2nc3c(-c4[c-]c(-c5ccccn5)ccc4)cccc3n2-c2ccccc2)c1O.[Pt]. The van der Waals surface area contributed by atoms with Gasteiger partial charge in [-0.2, -0.15) is 0 Å². The van der Waals surface area contributed by atoms with Crippen LogP contribution in [0.2, 0.25) is 0 Å². The number of para-hydroxylation sites is 3. The van der Waals surface area contributed by atoms with Crippen LogP contribution in [0, 0.1) is 6.07 Å². The molecule has 0 fully saturated rings. The number of hydrogen-bond donors (Lipinski definition) is 1. The van der Waals surface area contributed by atoms with Crippen LogP contribution >= 0.6 is 0 Å². The number of phenols is 1. The molecule has 1 N–H and O–H groups in total. The fourth-order valence-corrected chi connectivity index (χ4v) is 5.65. The van der Waals surface area contributed by atoms with Gasteiger partial charge in [-0.15, -0.1) is 29.8 Å². The minimum Gasteiger partial charge on any atom is -0.507 e. The summed E-state index contributed by atoms with van der Waals surface area (Å²) < 4.78 is 2.13. The van der Waals surface area contributed by atoms with Crippen molar-refractivity contribution in [3.63, 3.8) is 0 Å². The van der Waals surface area contributed by atoms with Gasteiger partial charge < -0.3 is 5.11 Å². The second-order valence-corrected chi connectivity index (χ2v) is 10.3. The summed E-state index contributed by atoms with van der Waals surface area (Å²) in [5.41, 5.74) is 9.15. The van der Waals surface area contributed by atoms with E-state index in [4.69, 9.17) is 4.98 Å². The molecule has 212 valence electrons. The Balaban J connectivity index is 0.00000329. The van der Waals surface area contributed by atoms with Gasteiger partial charge in [0.25, 0.3) is 0 Å². The first kappa shape index (κ1) is 28.3. The molecular formula is C38H28N3OPt-. The number of phenolic OH excluding ortho intramolecular Hbond substituents is 1. The Labute approximate surface area is 265 Å². The average molecular weight is 738 g/mol. The van der Waals surface area contributed by atoms with Crippen LogP contribution in [0.3, 0.4) is 0 Å². The van der Waals surface area contributed by atoms with Crippen LogP contribution in [0.15, 0.2) is 140 Å². The van der Waals surface area contributed by atoms with Crippen molar-refractivity contribution in [3.05, 3.63) is 157 Å². The van der Waals surface area contributed by atoms with Crippen LogP contribution in [-0.2, 0) is 21.1 Å². The van der Waals surface area contributed by atoms with Crippen LogP contribution in [0.5, 0.6) is 5.75 Å². The molecule has 0 amide bonds. The number of hydrogen-bond acceptors (Lipinski definition) is 3. The molecule has 1 unspecified atom stereocenters. The Kier molecular flexibility index (Phi) is 8.05. The van der Waals surface area contributed by atoms with Gasteiger partial charge in [0.2, 0.25) is 0 Å². The molecule has 0 spiro atoms. The fourth-order valence-electron chi connectivity index (χ4n) is 5.65. The number of rotatable bonds is 6. The van der Waals surface area contributed by atoms with Crippen LogP contribution in [0.25, 0.3) is 50.5 Å². The van der Waals surface area contributed by atoms with Crippen molar-refractivity contribution in [2.75, 3.05) is 0 Å². The molecule has 1 atom stereocenters.